The number of rotatable bonds is 10. The number of esters is 1. The van der Waals surface area contributed by atoms with E-state index in [1.165, 1.54) is 24.6 Å². The van der Waals surface area contributed by atoms with Gasteiger partial charge in [0.2, 0.25) is 9.47 Å². The van der Waals surface area contributed by atoms with Crippen molar-refractivity contribution in [1.29, 1.82) is 0 Å². The summed E-state index contributed by atoms with van der Waals surface area (Å²) in [5.41, 5.74) is 0.577. The van der Waals surface area contributed by atoms with Gasteiger partial charge in [-0.05, 0) is 32.0 Å². The highest BCUT2D eigenvalue weighted by Crippen LogP contribution is 2.32. The van der Waals surface area contributed by atoms with E-state index < -0.39 is 32.0 Å². The number of aromatic nitrogens is 4. The third-order valence-corrected chi connectivity index (χ3v) is 7.66. The van der Waals surface area contributed by atoms with Crippen molar-refractivity contribution in [3.63, 3.8) is 0 Å². The van der Waals surface area contributed by atoms with Crippen LogP contribution >= 0.6 is 11.3 Å². The van der Waals surface area contributed by atoms with Crippen LogP contribution in [0.1, 0.15) is 41.6 Å². The first-order valence-corrected chi connectivity index (χ1v) is 14.7. The van der Waals surface area contributed by atoms with Crippen molar-refractivity contribution in [1.82, 2.24) is 20.0 Å². The van der Waals surface area contributed by atoms with Gasteiger partial charge in [-0.1, -0.05) is 47.7 Å². The Bertz CT molecular complexity index is 1880. The number of hydrogen-bond acceptors (Lipinski definition) is 13. The molecule has 0 aliphatic rings. The van der Waals surface area contributed by atoms with Crippen LogP contribution in [0.5, 0.6) is 0 Å². The fourth-order valence-electron chi connectivity index (χ4n) is 3.75. The van der Waals surface area contributed by atoms with Gasteiger partial charge in [0.25, 0.3) is 15.9 Å². The highest BCUT2D eigenvalue weighted by Gasteiger charge is 2.31. The lowest BCUT2D eigenvalue weighted by atomic mass is 10.0. The normalized spacial score (nSPS) is 12.2. The zero-order valence-electron chi connectivity index (χ0n) is 22.9. The van der Waals surface area contributed by atoms with Crippen LogP contribution in [0.2, 0.25) is 0 Å². The van der Waals surface area contributed by atoms with Crippen LogP contribution in [-0.2, 0) is 19.6 Å². The molecule has 0 fully saturated rings. The molecule has 0 radical (unpaired) electrons. The topological polar surface area (TPSA) is 221 Å². The summed E-state index contributed by atoms with van der Waals surface area (Å²) in [5.74, 6) is -2.53. The minimum absolute atomic E-state index is 0.000432. The van der Waals surface area contributed by atoms with E-state index in [1.807, 2.05) is 0 Å². The first-order chi connectivity index (χ1) is 20.4. The number of anilines is 1. The van der Waals surface area contributed by atoms with Gasteiger partial charge < -0.3 is 9.84 Å². The molecule has 0 aliphatic carbocycles. The number of primary sulfonamides is 1. The Morgan fingerprint density at radius 1 is 1.09 bits per heavy atom. The van der Waals surface area contributed by atoms with Crippen LogP contribution in [0.15, 0.2) is 80.6 Å². The van der Waals surface area contributed by atoms with Crippen LogP contribution in [0.25, 0.3) is 16.9 Å². The first kappa shape index (κ1) is 30.8. The average Bonchev–Trinajstić information content (AvgIpc) is 3.59. The third kappa shape index (κ3) is 7.03. The molecule has 0 aliphatic heterocycles. The van der Waals surface area contributed by atoms with E-state index in [1.54, 1.807) is 55.5 Å². The Hall–Kier alpha value is -5.13. The van der Waals surface area contributed by atoms with Crippen LogP contribution < -0.4 is 10.5 Å². The zero-order valence-corrected chi connectivity index (χ0v) is 24.5. The van der Waals surface area contributed by atoms with E-state index in [2.05, 4.69) is 30.8 Å². The molecule has 1 amide bonds. The molecule has 17 heteroatoms. The fourth-order valence-corrected chi connectivity index (χ4v) is 5.08. The number of aliphatic hydroxyl groups is 1. The molecule has 0 spiro atoms. The number of aliphatic hydroxyl groups excluding tert-OH is 1. The average molecular weight is 625 g/mol. The number of azo groups is 1. The SMILES string of the molecule is CCOC(=O)c1c(C(=O)Nc2nnc(S(N)(=O)=O)s2)nn(-c2cccc(N=N/C(C(C)=O)=C(\C)O)c2)c1-c1ccccc1. The standard InChI is InChI=1S/C26H24N8O7S2/c1-4-41-24(38)19-21(23(37)28-25-31-32-26(42-25)43(27,39)40)33-34(22(19)16-9-6-5-7-10-16)18-12-8-11-17(13-18)29-30-20(14(2)35)15(3)36/h5-13,35H,4H2,1-3H3,(H2,27,39,40)(H,28,31,37)/b20-14+,30-29?. The van der Waals surface area contributed by atoms with E-state index >= 15 is 0 Å². The lowest BCUT2D eigenvalue weighted by Gasteiger charge is -2.10. The Balaban J connectivity index is 1.89. The van der Waals surface area contributed by atoms with Gasteiger partial charge in [0.1, 0.15) is 11.3 Å². The Labute approximate surface area is 248 Å². The number of sulfonamides is 1. The number of nitrogens with one attached hydrogen (secondary N) is 1. The summed E-state index contributed by atoms with van der Waals surface area (Å²) >= 11 is 0.519. The van der Waals surface area contributed by atoms with E-state index in [0.717, 1.165) is 0 Å². The van der Waals surface area contributed by atoms with Crippen LogP contribution in [0.4, 0.5) is 10.8 Å². The zero-order chi connectivity index (χ0) is 31.3. The van der Waals surface area contributed by atoms with Gasteiger partial charge in [-0.3, -0.25) is 14.9 Å². The molecule has 15 nitrogen and oxygen atoms in total. The predicted molar refractivity (Wildman–Crippen MR) is 155 cm³/mol. The van der Waals surface area contributed by atoms with Gasteiger partial charge in [-0.15, -0.1) is 15.3 Å². The summed E-state index contributed by atoms with van der Waals surface area (Å²) < 4.78 is 29.3. The van der Waals surface area contributed by atoms with Gasteiger partial charge >= 0.3 is 5.97 Å². The molecule has 0 saturated carbocycles. The van der Waals surface area contributed by atoms with Gasteiger partial charge in [0, 0.05) is 12.5 Å². The third-order valence-electron chi connectivity index (χ3n) is 5.51. The highest BCUT2D eigenvalue weighted by molar-refractivity contribution is 7.91. The number of ketones is 1. The van der Waals surface area contributed by atoms with Crippen LogP contribution in [0, 0.1) is 0 Å². The number of carbonyl (C=O) groups excluding carboxylic acids is 3. The molecule has 43 heavy (non-hydrogen) atoms. The van der Waals surface area contributed by atoms with Crippen molar-refractivity contribution < 1.29 is 32.6 Å². The number of nitrogens with two attached hydrogens (primary N) is 1. The minimum atomic E-state index is -4.16. The van der Waals surface area contributed by atoms with E-state index in [-0.39, 0.29) is 45.8 Å². The highest BCUT2D eigenvalue weighted by atomic mass is 32.2. The van der Waals surface area contributed by atoms with Gasteiger partial charge in [0.15, 0.2) is 17.2 Å². The molecule has 4 N–H and O–H groups in total. The lowest BCUT2D eigenvalue weighted by Crippen LogP contribution is -2.17. The molecule has 0 atom stereocenters. The predicted octanol–water partition coefficient (Wildman–Crippen LogP) is 3.93. The largest absolute Gasteiger partial charge is 0.510 e. The Morgan fingerprint density at radius 3 is 2.42 bits per heavy atom. The Kier molecular flexibility index (Phi) is 9.18. The van der Waals surface area contributed by atoms with Gasteiger partial charge in [-0.2, -0.15) is 10.2 Å². The molecular formula is C26H24N8O7S2. The summed E-state index contributed by atoms with van der Waals surface area (Å²) in [5, 5.41) is 36.5. The number of amides is 1. The molecular weight excluding hydrogens is 600 g/mol. The molecule has 4 aromatic rings. The first-order valence-electron chi connectivity index (χ1n) is 12.4. The minimum Gasteiger partial charge on any atom is -0.510 e. The van der Waals surface area contributed by atoms with Crippen molar-refractivity contribution >= 4 is 49.8 Å². The molecule has 0 bridgehead atoms. The number of nitrogens with zero attached hydrogens (tertiary/aromatic N) is 6. The Morgan fingerprint density at radius 2 is 1.81 bits per heavy atom. The fraction of sp³-hybridized carbons (Fsp3) is 0.154. The second kappa shape index (κ2) is 12.8. The maximum absolute atomic E-state index is 13.5. The molecule has 0 unspecified atom stereocenters. The molecule has 222 valence electrons. The van der Waals surface area contributed by atoms with Crippen molar-refractivity contribution in [3.05, 3.63) is 77.3 Å². The van der Waals surface area contributed by atoms with Gasteiger partial charge in [-0.25, -0.2) is 23.0 Å². The summed E-state index contributed by atoms with van der Waals surface area (Å²) in [7, 11) is -4.16. The summed E-state index contributed by atoms with van der Waals surface area (Å²) in [4.78, 5) is 38.6. The molecule has 2 aromatic carbocycles. The second-order valence-electron chi connectivity index (χ2n) is 8.65. The number of Topliss-reactive ketones (excluding diaryl/α,β-unsaturated/α-hetero) is 1. The van der Waals surface area contributed by atoms with Crippen molar-refractivity contribution in [2.24, 2.45) is 15.4 Å². The van der Waals surface area contributed by atoms with Crippen molar-refractivity contribution in [3.8, 4) is 16.9 Å². The number of allylic oxidation sites excluding steroid dienone is 2. The number of hydrogen-bond donors (Lipinski definition) is 3. The maximum Gasteiger partial charge on any atom is 0.342 e. The van der Waals surface area contributed by atoms with Crippen molar-refractivity contribution in [2.75, 3.05) is 11.9 Å². The second-order valence-corrected chi connectivity index (χ2v) is 11.4. The smallest absolute Gasteiger partial charge is 0.342 e. The molecule has 4 rings (SSSR count). The monoisotopic (exact) mass is 624 g/mol. The van der Waals surface area contributed by atoms with Crippen molar-refractivity contribution in [2.45, 2.75) is 25.1 Å². The summed E-state index contributed by atoms with van der Waals surface area (Å²) in [6, 6.07) is 15.0. The molecule has 2 aromatic heterocycles. The summed E-state index contributed by atoms with van der Waals surface area (Å²) in [6.07, 6.45) is 0. The van der Waals surface area contributed by atoms with Crippen LogP contribution in [0.3, 0.4) is 0 Å². The number of ether oxygens (including phenoxy) is 1. The van der Waals surface area contributed by atoms with Crippen LogP contribution in [-0.4, -0.2) is 57.8 Å². The molecule has 0 saturated heterocycles. The van der Waals surface area contributed by atoms with E-state index in [4.69, 9.17) is 9.88 Å². The number of carbonyl (C=O) groups is 3. The van der Waals surface area contributed by atoms with E-state index in [0.29, 0.717) is 22.6 Å². The number of benzene rings is 2. The summed E-state index contributed by atoms with van der Waals surface area (Å²) in [6.45, 7) is 4.15. The maximum atomic E-state index is 13.5. The molecule has 2 heterocycles. The quantitative estimate of drug-likeness (QED) is 0.0758. The van der Waals surface area contributed by atoms with E-state index in [9.17, 15) is 27.9 Å². The van der Waals surface area contributed by atoms with Gasteiger partial charge in [0.05, 0.1) is 23.7 Å². The lowest BCUT2D eigenvalue weighted by molar-refractivity contribution is -0.113.